The highest BCUT2D eigenvalue weighted by Gasteiger charge is 2.24. The zero-order valence-corrected chi connectivity index (χ0v) is 20.1. The minimum Gasteiger partial charge on any atom is -0.497 e. The Morgan fingerprint density at radius 2 is 1.78 bits per heavy atom. The van der Waals surface area contributed by atoms with Crippen molar-refractivity contribution in [1.82, 2.24) is 10.2 Å². The summed E-state index contributed by atoms with van der Waals surface area (Å²) in [6, 6.07) is 16.5. The number of hydrogen-bond donors (Lipinski definition) is 1. The third-order valence-electron chi connectivity index (χ3n) is 6.39. The van der Waals surface area contributed by atoms with E-state index in [2.05, 4.69) is 11.4 Å². The third-order valence-corrected chi connectivity index (χ3v) is 6.39. The van der Waals surface area contributed by atoms with Crippen LogP contribution in [0.15, 0.2) is 68.2 Å². The molecule has 1 N–H and O–H groups in total. The maximum absolute atomic E-state index is 12.9. The van der Waals surface area contributed by atoms with E-state index >= 15 is 0 Å². The largest absolute Gasteiger partial charge is 0.497 e. The molecule has 1 aliphatic rings. The van der Waals surface area contributed by atoms with E-state index in [9.17, 15) is 14.4 Å². The Balaban J connectivity index is 1.35. The molecule has 0 aliphatic carbocycles. The summed E-state index contributed by atoms with van der Waals surface area (Å²) in [5, 5.41) is 2.72. The van der Waals surface area contributed by atoms with Crippen molar-refractivity contribution in [1.29, 1.82) is 0 Å². The summed E-state index contributed by atoms with van der Waals surface area (Å²) < 4.78 is 16.9. The maximum atomic E-state index is 12.9. The van der Waals surface area contributed by atoms with Gasteiger partial charge in [0.25, 0.3) is 0 Å². The van der Waals surface area contributed by atoms with E-state index < -0.39 is 0 Å². The van der Waals surface area contributed by atoms with Gasteiger partial charge in [0.1, 0.15) is 17.3 Å². The van der Waals surface area contributed by atoms with Gasteiger partial charge in [0.2, 0.25) is 22.8 Å². The molecular weight excluding hydrogens is 460 g/mol. The Bertz CT molecular complexity index is 1500. The van der Waals surface area contributed by atoms with Gasteiger partial charge in [-0.2, -0.15) is 0 Å². The molecule has 2 aromatic heterocycles. The number of carbonyl (C=O) groups excluding carboxylic acids is 2. The first kappa shape index (κ1) is 23.4. The Morgan fingerprint density at radius 1 is 1.03 bits per heavy atom. The molecule has 0 spiro atoms. The van der Waals surface area contributed by atoms with Gasteiger partial charge in [0.05, 0.1) is 25.6 Å². The van der Waals surface area contributed by atoms with Gasteiger partial charge < -0.3 is 23.8 Å². The second-order valence-electron chi connectivity index (χ2n) is 8.81. The van der Waals surface area contributed by atoms with E-state index in [1.54, 1.807) is 43.2 Å². The molecule has 5 rings (SSSR count). The zero-order valence-electron chi connectivity index (χ0n) is 20.1. The van der Waals surface area contributed by atoms with Crippen LogP contribution in [0, 0.1) is 6.92 Å². The van der Waals surface area contributed by atoms with Gasteiger partial charge in [-0.15, -0.1) is 0 Å². The number of methoxy groups -OCH3 is 1. The lowest BCUT2D eigenvalue weighted by Gasteiger charge is -2.29. The SMILES string of the molecule is COc1ccc(-c2oc3c(=O)cc(C)oc3c2CC(=O)NCC(=O)N2CCc3ccccc3C2)cc1. The fraction of sp³-hybridized carbons (Fsp3) is 0.250. The predicted octanol–water partition coefficient (Wildman–Crippen LogP) is 3.61. The fourth-order valence-electron chi connectivity index (χ4n) is 4.51. The van der Waals surface area contributed by atoms with Gasteiger partial charge in [-0.25, -0.2) is 0 Å². The molecule has 0 unspecified atom stereocenters. The first-order valence-electron chi connectivity index (χ1n) is 11.7. The Morgan fingerprint density at radius 3 is 2.53 bits per heavy atom. The monoisotopic (exact) mass is 486 g/mol. The molecule has 0 fully saturated rings. The van der Waals surface area contributed by atoms with Gasteiger partial charge in [0, 0.05) is 24.7 Å². The minimum absolute atomic E-state index is 0.0530. The van der Waals surface area contributed by atoms with E-state index in [4.69, 9.17) is 13.6 Å². The van der Waals surface area contributed by atoms with E-state index in [0.717, 1.165) is 12.0 Å². The minimum atomic E-state index is -0.373. The average molecular weight is 487 g/mol. The topological polar surface area (TPSA) is 102 Å². The van der Waals surface area contributed by atoms with E-state index in [-0.39, 0.29) is 41.4 Å². The number of hydrogen-bond acceptors (Lipinski definition) is 6. The number of ether oxygens (including phenoxy) is 1. The van der Waals surface area contributed by atoms with Crippen molar-refractivity contribution in [2.24, 2.45) is 0 Å². The number of nitrogens with one attached hydrogen (secondary N) is 1. The van der Waals surface area contributed by atoms with Crippen LogP contribution in [0.1, 0.15) is 22.5 Å². The standard InChI is InChI=1S/C28H26N2O6/c1-17-13-23(31)28-27(35-17)22(26(36-28)19-7-9-21(34-2)10-8-19)14-24(32)29-15-25(33)30-12-11-18-5-3-4-6-20(18)16-30/h3-10,13H,11-12,14-16H2,1-2H3,(H,29,32). The van der Waals surface area contributed by atoms with Gasteiger partial charge in [-0.3, -0.25) is 14.4 Å². The zero-order chi connectivity index (χ0) is 25.2. The molecule has 3 heterocycles. The maximum Gasteiger partial charge on any atom is 0.242 e. The lowest BCUT2D eigenvalue weighted by atomic mass is 10.00. The van der Waals surface area contributed by atoms with E-state index in [1.807, 2.05) is 18.2 Å². The number of nitrogens with zero attached hydrogens (tertiary/aromatic N) is 1. The average Bonchev–Trinajstić information content (AvgIpc) is 3.25. The van der Waals surface area contributed by atoms with Crippen LogP contribution in [0.2, 0.25) is 0 Å². The van der Waals surface area contributed by atoms with Crippen LogP contribution in [0.4, 0.5) is 0 Å². The molecule has 0 atom stereocenters. The summed E-state index contributed by atoms with van der Waals surface area (Å²) in [7, 11) is 1.57. The number of rotatable bonds is 6. The summed E-state index contributed by atoms with van der Waals surface area (Å²) >= 11 is 0. The van der Waals surface area contributed by atoms with Crippen LogP contribution >= 0.6 is 0 Å². The molecule has 2 amide bonds. The van der Waals surface area contributed by atoms with Crippen LogP contribution in [0.25, 0.3) is 22.5 Å². The second-order valence-corrected chi connectivity index (χ2v) is 8.81. The Kier molecular flexibility index (Phi) is 6.33. The normalized spacial score (nSPS) is 12.9. The number of benzene rings is 2. The molecule has 0 saturated carbocycles. The highest BCUT2D eigenvalue weighted by molar-refractivity contribution is 5.91. The third kappa shape index (κ3) is 4.62. The molecule has 8 heteroatoms. The van der Waals surface area contributed by atoms with Gasteiger partial charge >= 0.3 is 0 Å². The molecule has 0 saturated heterocycles. The quantitative estimate of drug-likeness (QED) is 0.447. The number of fused-ring (bicyclic) bond motifs is 2. The van der Waals surface area contributed by atoms with Crippen LogP contribution in [-0.2, 0) is 29.0 Å². The smallest absolute Gasteiger partial charge is 0.242 e. The summed E-state index contributed by atoms with van der Waals surface area (Å²) in [6.45, 7) is 2.70. The predicted molar refractivity (Wildman–Crippen MR) is 134 cm³/mol. The van der Waals surface area contributed by atoms with Crippen LogP contribution in [-0.4, -0.2) is 36.9 Å². The Hall–Kier alpha value is -4.33. The van der Waals surface area contributed by atoms with Gasteiger partial charge in [-0.1, -0.05) is 24.3 Å². The number of furan rings is 1. The van der Waals surface area contributed by atoms with Gasteiger partial charge in [-0.05, 0) is 48.7 Å². The van der Waals surface area contributed by atoms with E-state index in [0.29, 0.717) is 41.5 Å². The van der Waals surface area contributed by atoms with E-state index in [1.165, 1.54) is 11.6 Å². The molecule has 36 heavy (non-hydrogen) atoms. The molecule has 0 bridgehead atoms. The highest BCUT2D eigenvalue weighted by atomic mass is 16.5. The second kappa shape index (κ2) is 9.73. The summed E-state index contributed by atoms with van der Waals surface area (Å²) in [5.41, 5.74) is 3.47. The fourth-order valence-corrected chi connectivity index (χ4v) is 4.51. The number of amides is 2. The van der Waals surface area contributed by atoms with Crippen molar-refractivity contribution in [3.05, 3.63) is 87.3 Å². The van der Waals surface area contributed by atoms with Crippen molar-refractivity contribution >= 4 is 23.0 Å². The molecule has 4 aromatic rings. The van der Waals surface area contributed by atoms with Crippen molar-refractivity contribution in [3.8, 4) is 17.1 Å². The molecule has 1 aliphatic heterocycles. The van der Waals surface area contributed by atoms with Crippen molar-refractivity contribution in [2.75, 3.05) is 20.2 Å². The molecule has 184 valence electrons. The number of carbonyl (C=O) groups is 2. The molecular formula is C28H26N2O6. The highest BCUT2D eigenvalue weighted by Crippen LogP contribution is 2.34. The Labute approximate surface area is 207 Å². The van der Waals surface area contributed by atoms with Crippen molar-refractivity contribution < 1.29 is 23.2 Å². The first-order chi connectivity index (χ1) is 17.4. The van der Waals surface area contributed by atoms with Crippen molar-refractivity contribution in [3.63, 3.8) is 0 Å². The van der Waals surface area contributed by atoms with Crippen LogP contribution in [0.3, 0.4) is 0 Å². The molecule has 0 radical (unpaired) electrons. The lowest BCUT2D eigenvalue weighted by Crippen LogP contribution is -2.42. The molecule has 8 nitrogen and oxygen atoms in total. The van der Waals surface area contributed by atoms with Crippen LogP contribution < -0.4 is 15.5 Å². The lowest BCUT2D eigenvalue weighted by molar-refractivity contribution is -0.133. The first-order valence-corrected chi connectivity index (χ1v) is 11.7. The van der Waals surface area contributed by atoms with Gasteiger partial charge in [0.15, 0.2) is 5.58 Å². The summed E-state index contributed by atoms with van der Waals surface area (Å²) in [5.74, 6) is 0.929. The number of aryl methyl sites for hydroxylation is 1. The summed E-state index contributed by atoms with van der Waals surface area (Å²) in [6.07, 6.45) is 0.678. The molecule has 2 aromatic carbocycles. The summed E-state index contributed by atoms with van der Waals surface area (Å²) in [4.78, 5) is 40.0. The van der Waals surface area contributed by atoms with Crippen LogP contribution in [0.5, 0.6) is 5.75 Å². The van der Waals surface area contributed by atoms with Crippen molar-refractivity contribution in [2.45, 2.75) is 26.3 Å².